The van der Waals surface area contributed by atoms with Crippen LogP contribution in [0.3, 0.4) is 0 Å². The Kier molecular flexibility index (Phi) is 4.10. The summed E-state index contributed by atoms with van der Waals surface area (Å²) in [5, 5.41) is 12.4. The summed E-state index contributed by atoms with van der Waals surface area (Å²) in [5.41, 5.74) is 4.97. The molecule has 0 saturated carbocycles. The van der Waals surface area contributed by atoms with Crippen molar-refractivity contribution in [1.29, 1.82) is 0 Å². The number of phenolic OH excluding ortho intramolecular Hbond substituents is 1. The first-order chi connectivity index (χ1) is 14.2. The Bertz CT molecular complexity index is 1350. The largest absolute Gasteiger partial charge is 0.507 e. The van der Waals surface area contributed by atoms with Crippen LogP contribution < -0.4 is 0 Å². The third-order valence-corrected chi connectivity index (χ3v) is 5.11. The first-order valence-electron chi connectivity index (χ1n) is 9.41. The lowest BCUT2D eigenvalue weighted by atomic mass is 10.0. The number of para-hydroxylation sites is 2. The summed E-state index contributed by atoms with van der Waals surface area (Å²) >= 11 is 0. The lowest BCUT2D eigenvalue weighted by Crippen LogP contribution is -1.88. The molecular weight excluding hydrogens is 360 g/mol. The van der Waals surface area contributed by atoms with Crippen LogP contribution >= 0.6 is 0 Å². The number of aromatic nitrogens is 1. The first kappa shape index (κ1) is 17.2. The molecule has 1 aromatic heterocycles. The number of benzene rings is 4. The van der Waals surface area contributed by atoms with Gasteiger partial charge in [-0.1, -0.05) is 48.5 Å². The molecule has 0 radical (unpaired) electrons. The highest BCUT2D eigenvalue weighted by molar-refractivity contribution is 6.03. The molecule has 5 aromatic rings. The van der Waals surface area contributed by atoms with Crippen molar-refractivity contribution in [2.24, 2.45) is 4.99 Å². The number of hydrogen-bond donors (Lipinski definition) is 1. The average molecular weight is 378 g/mol. The fourth-order valence-corrected chi connectivity index (χ4v) is 3.54. The Balaban J connectivity index is 1.58. The standard InChI is InChI=1S/C25H18N2O2/c1-16-18(25-27-22-10-4-5-12-24(22)29-25)9-6-11-21(16)26-15-20-19-8-3-2-7-17(19)13-14-23(20)28/h2-15,28H,1H3. The molecule has 0 unspecified atom stereocenters. The molecule has 5 rings (SSSR count). The van der Waals surface area contributed by atoms with Gasteiger partial charge in [-0.25, -0.2) is 4.98 Å². The minimum absolute atomic E-state index is 0.209. The van der Waals surface area contributed by atoms with E-state index in [-0.39, 0.29) is 5.75 Å². The Morgan fingerprint density at radius 2 is 1.72 bits per heavy atom. The second-order valence-electron chi connectivity index (χ2n) is 6.91. The van der Waals surface area contributed by atoms with Gasteiger partial charge < -0.3 is 9.52 Å². The van der Waals surface area contributed by atoms with Gasteiger partial charge in [-0.15, -0.1) is 0 Å². The topological polar surface area (TPSA) is 58.6 Å². The van der Waals surface area contributed by atoms with Gasteiger partial charge in [0.2, 0.25) is 5.89 Å². The number of phenols is 1. The fourth-order valence-electron chi connectivity index (χ4n) is 3.54. The maximum Gasteiger partial charge on any atom is 0.227 e. The highest BCUT2D eigenvalue weighted by Gasteiger charge is 2.12. The summed E-state index contributed by atoms with van der Waals surface area (Å²) in [6, 6.07) is 25.1. The molecule has 0 fully saturated rings. The summed E-state index contributed by atoms with van der Waals surface area (Å²) in [4.78, 5) is 9.27. The van der Waals surface area contributed by atoms with E-state index in [9.17, 15) is 5.11 Å². The molecule has 4 heteroatoms. The summed E-state index contributed by atoms with van der Waals surface area (Å²) in [6.45, 7) is 2.00. The molecule has 1 heterocycles. The zero-order valence-electron chi connectivity index (χ0n) is 15.8. The number of oxazole rings is 1. The molecule has 0 aliphatic rings. The minimum Gasteiger partial charge on any atom is -0.507 e. The molecule has 0 aliphatic heterocycles. The van der Waals surface area contributed by atoms with Crippen molar-refractivity contribution < 1.29 is 9.52 Å². The average Bonchev–Trinajstić information content (AvgIpc) is 3.18. The van der Waals surface area contributed by atoms with Crippen LogP contribution in [0.25, 0.3) is 33.3 Å². The highest BCUT2D eigenvalue weighted by Crippen LogP contribution is 2.32. The summed E-state index contributed by atoms with van der Waals surface area (Å²) in [7, 11) is 0. The van der Waals surface area contributed by atoms with Crippen molar-refractivity contribution in [3.05, 3.63) is 90.0 Å². The van der Waals surface area contributed by atoms with Gasteiger partial charge in [0.1, 0.15) is 11.3 Å². The number of aromatic hydroxyl groups is 1. The van der Waals surface area contributed by atoms with Crippen LogP contribution in [0.1, 0.15) is 11.1 Å². The third kappa shape index (κ3) is 3.05. The SMILES string of the molecule is Cc1c(N=Cc2c(O)ccc3ccccc23)cccc1-c1nc2ccccc2o1. The molecule has 0 amide bonds. The van der Waals surface area contributed by atoms with E-state index >= 15 is 0 Å². The minimum atomic E-state index is 0.209. The number of fused-ring (bicyclic) bond motifs is 2. The van der Waals surface area contributed by atoms with Crippen molar-refractivity contribution >= 4 is 33.8 Å². The molecule has 0 bridgehead atoms. The molecule has 0 saturated heterocycles. The van der Waals surface area contributed by atoms with Crippen molar-refractivity contribution in [2.45, 2.75) is 6.92 Å². The van der Waals surface area contributed by atoms with Gasteiger partial charge in [0.05, 0.1) is 5.69 Å². The number of aliphatic imine (C=N–C) groups is 1. The van der Waals surface area contributed by atoms with Crippen molar-refractivity contribution in [3.63, 3.8) is 0 Å². The van der Waals surface area contributed by atoms with Gasteiger partial charge in [0.15, 0.2) is 5.58 Å². The monoisotopic (exact) mass is 378 g/mol. The van der Waals surface area contributed by atoms with Gasteiger partial charge in [0.25, 0.3) is 0 Å². The van der Waals surface area contributed by atoms with Crippen molar-refractivity contribution in [1.82, 2.24) is 4.98 Å². The quantitative estimate of drug-likeness (QED) is 0.369. The predicted molar refractivity (Wildman–Crippen MR) is 117 cm³/mol. The molecule has 4 aromatic carbocycles. The summed E-state index contributed by atoms with van der Waals surface area (Å²) < 4.78 is 5.93. The fraction of sp³-hybridized carbons (Fsp3) is 0.0400. The van der Waals surface area contributed by atoms with E-state index in [1.54, 1.807) is 12.3 Å². The Labute approximate surface area is 167 Å². The van der Waals surface area contributed by atoms with Crippen LogP contribution in [0.4, 0.5) is 5.69 Å². The summed E-state index contributed by atoms with van der Waals surface area (Å²) in [5.74, 6) is 0.786. The van der Waals surface area contributed by atoms with Crippen LogP contribution in [0.15, 0.2) is 88.3 Å². The van der Waals surface area contributed by atoms with Crippen molar-refractivity contribution in [3.8, 4) is 17.2 Å². The Morgan fingerprint density at radius 1 is 0.897 bits per heavy atom. The third-order valence-electron chi connectivity index (χ3n) is 5.11. The maximum atomic E-state index is 10.4. The normalized spacial score (nSPS) is 11.6. The molecule has 4 nitrogen and oxygen atoms in total. The smallest absolute Gasteiger partial charge is 0.227 e. The van der Waals surface area contributed by atoms with E-state index in [0.29, 0.717) is 11.5 Å². The highest BCUT2D eigenvalue weighted by atomic mass is 16.3. The Hall–Kier alpha value is -3.92. The predicted octanol–water partition coefficient (Wildman–Crippen LogP) is 6.41. The molecule has 1 N–H and O–H groups in total. The van der Waals surface area contributed by atoms with Crippen molar-refractivity contribution in [2.75, 3.05) is 0 Å². The number of nitrogens with zero attached hydrogens (tertiary/aromatic N) is 2. The zero-order chi connectivity index (χ0) is 19.8. The van der Waals surface area contributed by atoms with E-state index in [1.165, 1.54) is 0 Å². The first-order valence-corrected chi connectivity index (χ1v) is 9.41. The van der Waals surface area contributed by atoms with Gasteiger partial charge in [-0.05, 0) is 53.6 Å². The number of hydrogen-bond acceptors (Lipinski definition) is 4. The van der Waals surface area contributed by atoms with Crippen LogP contribution in [0.5, 0.6) is 5.75 Å². The second-order valence-corrected chi connectivity index (χ2v) is 6.91. The van der Waals surface area contributed by atoms with Crippen LogP contribution in [-0.2, 0) is 0 Å². The van der Waals surface area contributed by atoms with Gasteiger partial charge >= 0.3 is 0 Å². The van der Waals surface area contributed by atoms with Crippen LogP contribution in [0.2, 0.25) is 0 Å². The molecular formula is C25H18N2O2. The molecule has 0 aliphatic carbocycles. The summed E-state index contributed by atoms with van der Waals surface area (Å²) in [6.07, 6.45) is 1.72. The van der Waals surface area contributed by atoms with E-state index in [2.05, 4.69) is 9.98 Å². The Morgan fingerprint density at radius 3 is 2.62 bits per heavy atom. The van der Waals surface area contributed by atoms with E-state index < -0.39 is 0 Å². The van der Waals surface area contributed by atoms with E-state index in [4.69, 9.17) is 4.42 Å². The van der Waals surface area contributed by atoms with Crippen LogP contribution in [-0.4, -0.2) is 16.3 Å². The lowest BCUT2D eigenvalue weighted by Gasteiger charge is -2.07. The molecule has 0 spiro atoms. The van der Waals surface area contributed by atoms with E-state index in [1.807, 2.05) is 79.7 Å². The van der Waals surface area contributed by atoms with Crippen LogP contribution in [0, 0.1) is 6.92 Å². The van der Waals surface area contributed by atoms with Gasteiger partial charge in [-0.2, -0.15) is 0 Å². The van der Waals surface area contributed by atoms with E-state index in [0.717, 1.165) is 38.7 Å². The second kappa shape index (κ2) is 6.91. The molecule has 29 heavy (non-hydrogen) atoms. The lowest BCUT2D eigenvalue weighted by molar-refractivity contribution is 0.475. The molecule has 0 atom stereocenters. The van der Waals surface area contributed by atoms with Gasteiger partial charge in [-0.3, -0.25) is 4.99 Å². The zero-order valence-corrected chi connectivity index (χ0v) is 15.8. The molecule has 140 valence electrons. The van der Waals surface area contributed by atoms with Gasteiger partial charge in [0, 0.05) is 17.3 Å². The maximum absolute atomic E-state index is 10.4. The number of rotatable bonds is 3.